The van der Waals surface area contributed by atoms with Crippen LogP contribution in [0.4, 0.5) is 0 Å². The minimum absolute atomic E-state index is 0.168. The van der Waals surface area contributed by atoms with Crippen LogP contribution in [0.3, 0.4) is 0 Å². The Hall–Kier alpha value is -2.38. The summed E-state index contributed by atoms with van der Waals surface area (Å²) in [4.78, 5) is 12.7. The number of carbonyl (C=O) groups is 1. The molecule has 1 heterocycles. The standard InChI is InChI=1S/C21H26N2O4S/c1-16-9-10-18(28(25,26)23-12-5-6-13-23)15-19(16)21(24)22-11-14-27-20-8-4-3-7-17(20)2/h3-4,7-10,15H,5-6,11-14H2,1-2H3,(H,22,24). The molecular formula is C21H26N2O4S. The first-order valence-corrected chi connectivity index (χ1v) is 10.9. The van der Waals surface area contributed by atoms with E-state index in [1.54, 1.807) is 19.1 Å². The van der Waals surface area contributed by atoms with Crippen LogP contribution in [-0.4, -0.2) is 44.9 Å². The Balaban J connectivity index is 1.64. The first-order valence-electron chi connectivity index (χ1n) is 9.47. The highest BCUT2D eigenvalue weighted by Crippen LogP contribution is 2.23. The highest BCUT2D eigenvalue weighted by atomic mass is 32.2. The van der Waals surface area contributed by atoms with E-state index in [2.05, 4.69) is 5.32 Å². The Labute approximate surface area is 166 Å². The molecule has 3 rings (SSSR count). The van der Waals surface area contributed by atoms with Crippen molar-refractivity contribution in [3.63, 3.8) is 0 Å². The van der Waals surface area contributed by atoms with Crippen LogP contribution in [-0.2, 0) is 10.0 Å². The summed E-state index contributed by atoms with van der Waals surface area (Å²) in [5.41, 5.74) is 2.14. The monoisotopic (exact) mass is 402 g/mol. The zero-order valence-corrected chi connectivity index (χ0v) is 17.1. The number of hydrogen-bond acceptors (Lipinski definition) is 4. The molecule has 1 fully saturated rings. The molecule has 1 amide bonds. The van der Waals surface area contributed by atoms with Crippen LogP contribution in [0.2, 0.25) is 0 Å². The van der Waals surface area contributed by atoms with E-state index in [1.165, 1.54) is 10.4 Å². The van der Waals surface area contributed by atoms with Crippen LogP contribution >= 0.6 is 0 Å². The Bertz CT molecular complexity index is 951. The number of aryl methyl sites for hydroxylation is 2. The molecule has 0 spiro atoms. The van der Waals surface area contributed by atoms with Gasteiger partial charge in [0.1, 0.15) is 12.4 Å². The van der Waals surface area contributed by atoms with Crippen LogP contribution in [0, 0.1) is 13.8 Å². The van der Waals surface area contributed by atoms with Gasteiger partial charge in [-0.25, -0.2) is 8.42 Å². The predicted octanol–water partition coefficient (Wildman–Crippen LogP) is 2.90. The van der Waals surface area contributed by atoms with E-state index in [-0.39, 0.29) is 10.8 Å². The zero-order chi connectivity index (χ0) is 20.1. The van der Waals surface area contributed by atoms with Crippen molar-refractivity contribution in [3.8, 4) is 5.75 Å². The summed E-state index contributed by atoms with van der Waals surface area (Å²) >= 11 is 0. The fraction of sp³-hybridized carbons (Fsp3) is 0.381. The van der Waals surface area contributed by atoms with Crippen molar-refractivity contribution >= 4 is 15.9 Å². The first kappa shape index (κ1) is 20.4. The van der Waals surface area contributed by atoms with Crippen LogP contribution in [0.15, 0.2) is 47.4 Å². The van der Waals surface area contributed by atoms with E-state index in [0.717, 1.165) is 29.7 Å². The molecule has 0 bridgehead atoms. The van der Waals surface area contributed by atoms with Crippen molar-refractivity contribution in [2.24, 2.45) is 0 Å². The van der Waals surface area contributed by atoms with Gasteiger partial charge in [0.15, 0.2) is 0 Å². The summed E-state index contributed by atoms with van der Waals surface area (Å²) in [6.45, 7) is 5.49. The lowest BCUT2D eigenvalue weighted by Crippen LogP contribution is -2.30. The fourth-order valence-corrected chi connectivity index (χ4v) is 4.77. The molecule has 0 aromatic heterocycles. The molecule has 1 aliphatic rings. The van der Waals surface area contributed by atoms with E-state index >= 15 is 0 Å². The number of ether oxygens (including phenoxy) is 1. The molecule has 1 aliphatic heterocycles. The molecular weight excluding hydrogens is 376 g/mol. The second kappa shape index (κ2) is 8.75. The van der Waals surface area contributed by atoms with Crippen molar-refractivity contribution in [3.05, 3.63) is 59.2 Å². The number of benzene rings is 2. The number of nitrogens with zero attached hydrogens (tertiary/aromatic N) is 1. The molecule has 2 aromatic carbocycles. The van der Waals surface area contributed by atoms with Crippen LogP contribution < -0.4 is 10.1 Å². The lowest BCUT2D eigenvalue weighted by Gasteiger charge is -2.17. The number of hydrogen-bond donors (Lipinski definition) is 1. The molecule has 1 N–H and O–H groups in total. The molecule has 0 atom stereocenters. The van der Waals surface area contributed by atoms with Crippen molar-refractivity contribution in [2.75, 3.05) is 26.2 Å². The van der Waals surface area contributed by atoms with Crippen molar-refractivity contribution in [1.29, 1.82) is 0 Å². The number of carbonyl (C=O) groups excluding carboxylic acids is 1. The normalized spacial score (nSPS) is 14.8. The highest BCUT2D eigenvalue weighted by Gasteiger charge is 2.28. The van der Waals surface area contributed by atoms with E-state index in [4.69, 9.17) is 4.74 Å². The van der Waals surface area contributed by atoms with Crippen LogP contribution in [0.25, 0.3) is 0 Å². The van der Waals surface area contributed by atoms with Gasteiger partial charge in [0.25, 0.3) is 5.91 Å². The Kier molecular flexibility index (Phi) is 6.36. The molecule has 0 aliphatic carbocycles. The van der Waals surface area contributed by atoms with Gasteiger partial charge in [-0.05, 0) is 56.0 Å². The van der Waals surface area contributed by atoms with Gasteiger partial charge in [-0.15, -0.1) is 0 Å². The first-order chi connectivity index (χ1) is 13.4. The third-order valence-electron chi connectivity index (χ3n) is 4.90. The summed E-state index contributed by atoms with van der Waals surface area (Å²) < 4.78 is 32.7. The number of amides is 1. The van der Waals surface area contributed by atoms with Gasteiger partial charge in [0.2, 0.25) is 10.0 Å². The largest absolute Gasteiger partial charge is 0.491 e. The Morgan fingerprint density at radius 1 is 1.07 bits per heavy atom. The van der Waals surface area contributed by atoms with Crippen molar-refractivity contribution in [1.82, 2.24) is 9.62 Å². The third kappa shape index (κ3) is 4.54. The summed E-state index contributed by atoms with van der Waals surface area (Å²) in [5.74, 6) is 0.482. The smallest absolute Gasteiger partial charge is 0.251 e. The van der Waals surface area contributed by atoms with Crippen molar-refractivity contribution < 1.29 is 17.9 Å². The zero-order valence-electron chi connectivity index (χ0n) is 16.3. The molecule has 28 heavy (non-hydrogen) atoms. The molecule has 1 saturated heterocycles. The van der Waals surface area contributed by atoms with Gasteiger partial charge >= 0.3 is 0 Å². The van der Waals surface area contributed by atoms with E-state index < -0.39 is 10.0 Å². The number of sulfonamides is 1. The van der Waals surface area contributed by atoms with E-state index in [1.807, 2.05) is 31.2 Å². The predicted molar refractivity (Wildman–Crippen MR) is 108 cm³/mol. The molecule has 0 saturated carbocycles. The maximum atomic E-state index is 12.7. The molecule has 0 unspecified atom stereocenters. The van der Waals surface area contributed by atoms with Gasteiger partial charge < -0.3 is 10.1 Å². The lowest BCUT2D eigenvalue weighted by atomic mass is 10.1. The molecule has 150 valence electrons. The van der Waals surface area contributed by atoms with Gasteiger partial charge in [-0.1, -0.05) is 24.3 Å². The third-order valence-corrected chi connectivity index (χ3v) is 6.79. The molecule has 7 heteroatoms. The average Bonchev–Trinajstić information content (AvgIpc) is 3.22. The maximum Gasteiger partial charge on any atom is 0.251 e. The molecule has 2 aromatic rings. The van der Waals surface area contributed by atoms with Crippen molar-refractivity contribution in [2.45, 2.75) is 31.6 Å². The summed E-state index contributed by atoms with van der Waals surface area (Å²) in [6.07, 6.45) is 1.75. The van der Waals surface area contributed by atoms with Crippen LogP contribution in [0.1, 0.15) is 34.3 Å². The number of para-hydroxylation sites is 1. The SMILES string of the molecule is Cc1ccccc1OCCNC(=O)c1cc(S(=O)(=O)N2CCCC2)ccc1C. The second-order valence-corrected chi connectivity index (χ2v) is 8.90. The van der Waals surface area contributed by atoms with Gasteiger partial charge in [-0.2, -0.15) is 4.31 Å². The Morgan fingerprint density at radius 2 is 1.79 bits per heavy atom. The van der Waals surface area contributed by atoms with Gasteiger partial charge in [0, 0.05) is 18.7 Å². The van der Waals surface area contributed by atoms with Gasteiger partial charge in [-0.3, -0.25) is 4.79 Å². The van der Waals surface area contributed by atoms with E-state index in [9.17, 15) is 13.2 Å². The number of rotatable bonds is 7. The van der Waals surface area contributed by atoms with E-state index in [0.29, 0.717) is 31.8 Å². The maximum absolute atomic E-state index is 12.7. The quantitative estimate of drug-likeness (QED) is 0.723. The molecule has 6 nitrogen and oxygen atoms in total. The fourth-order valence-electron chi connectivity index (χ4n) is 3.22. The lowest BCUT2D eigenvalue weighted by molar-refractivity contribution is 0.0946. The van der Waals surface area contributed by atoms with Gasteiger partial charge in [0.05, 0.1) is 11.4 Å². The minimum atomic E-state index is -3.55. The highest BCUT2D eigenvalue weighted by molar-refractivity contribution is 7.89. The molecule has 0 radical (unpaired) electrons. The average molecular weight is 403 g/mol. The Morgan fingerprint density at radius 3 is 2.50 bits per heavy atom. The minimum Gasteiger partial charge on any atom is -0.491 e. The second-order valence-electron chi connectivity index (χ2n) is 6.96. The number of nitrogens with one attached hydrogen (secondary N) is 1. The summed E-state index contributed by atoms with van der Waals surface area (Å²) in [7, 11) is -3.55. The van der Waals surface area contributed by atoms with Crippen LogP contribution in [0.5, 0.6) is 5.75 Å². The topological polar surface area (TPSA) is 75.7 Å². The summed E-state index contributed by atoms with van der Waals surface area (Å²) in [5, 5.41) is 2.81. The summed E-state index contributed by atoms with van der Waals surface area (Å²) in [6, 6.07) is 12.4.